The van der Waals surface area contributed by atoms with Crippen LogP contribution in [0.2, 0.25) is 0 Å². The molecule has 128 valence electrons. The first-order valence-electron chi connectivity index (χ1n) is 7.91. The first-order chi connectivity index (χ1) is 10.8. The largest absolute Gasteiger partial charge is 0.353 e. The van der Waals surface area contributed by atoms with Crippen LogP contribution in [0.1, 0.15) is 31.7 Å². The predicted octanol–water partition coefficient (Wildman–Crippen LogP) is 1.00. The number of aryl methyl sites for hydroxylation is 1. The zero-order chi connectivity index (χ0) is 17.0. The molecule has 6 nitrogen and oxygen atoms in total. The van der Waals surface area contributed by atoms with Gasteiger partial charge in [-0.25, -0.2) is 8.42 Å². The lowest BCUT2D eigenvalue weighted by molar-refractivity contribution is -0.122. The second kappa shape index (κ2) is 7.42. The van der Waals surface area contributed by atoms with Crippen molar-refractivity contribution in [3.8, 4) is 0 Å². The molecule has 23 heavy (non-hydrogen) atoms. The summed E-state index contributed by atoms with van der Waals surface area (Å²) in [5, 5.41) is 2.93. The Bertz CT molecular complexity index is 633. The number of nitrogens with two attached hydrogens (primary N) is 1. The van der Waals surface area contributed by atoms with Crippen molar-refractivity contribution in [1.82, 2.24) is 9.62 Å². The summed E-state index contributed by atoms with van der Waals surface area (Å²) in [7, 11) is -3.45. The number of rotatable bonds is 5. The highest BCUT2D eigenvalue weighted by Gasteiger charge is 2.29. The Hall–Kier alpha value is -1.44. The van der Waals surface area contributed by atoms with Gasteiger partial charge in [-0.3, -0.25) is 4.79 Å². The summed E-state index contributed by atoms with van der Waals surface area (Å²) in [6, 6.07) is 6.73. The van der Waals surface area contributed by atoms with E-state index in [0.717, 1.165) is 5.56 Å². The Labute approximate surface area is 138 Å². The van der Waals surface area contributed by atoms with E-state index in [9.17, 15) is 13.2 Å². The van der Waals surface area contributed by atoms with Gasteiger partial charge in [-0.05, 0) is 38.8 Å². The number of amides is 1. The lowest BCUT2D eigenvalue weighted by Gasteiger charge is -2.31. The molecular weight excluding hydrogens is 314 g/mol. The molecule has 7 heteroatoms. The maximum Gasteiger partial charge on any atom is 0.243 e. The lowest BCUT2D eigenvalue weighted by atomic mass is 10.1. The summed E-state index contributed by atoms with van der Waals surface area (Å²) in [6.45, 7) is 4.54. The summed E-state index contributed by atoms with van der Waals surface area (Å²) < 4.78 is 26.7. The SMILES string of the molecule is Cc1ccc(S(=O)(=O)N2CCC(NC(=O)CC(C)N)CC2)cc1. The minimum absolute atomic E-state index is 0.0192. The van der Waals surface area contributed by atoms with Crippen LogP contribution in [0.3, 0.4) is 0 Å². The number of sulfonamides is 1. The van der Waals surface area contributed by atoms with Crippen molar-refractivity contribution in [3.63, 3.8) is 0 Å². The van der Waals surface area contributed by atoms with Gasteiger partial charge in [0.05, 0.1) is 4.90 Å². The number of carbonyl (C=O) groups is 1. The molecule has 3 N–H and O–H groups in total. The lowest BCUT2D eigenvalue weighted by Crippen LogP contribution is -2.47. The third kappa shape index (κ3) is 4.76. The van der Waals surface area contributed by atoms with Gasteiger partial charge in [0.1, 0.15) is 0 Å². The first kappa shape index (κ1) is 17.9. The van der Waals surface area contributed by atoms with Crippen molar-refractivity contribution in [2.45, 2.75) is 50.1 Å². The Morgan fingerprint density at radius 1 is 1.30 bits per heavy atom. The number of carbonyl (C=O) groups excluding carboxylic acids is 1. The summed E-state index contributed by atoms with van der Waals surface area (Å²) in [5.74, 6) is -0.0696. The van der Waals surface area contributed by atoms with Crippen LogP contribution in [0.15, 0.2) is 29.2 Å². The highest BCUT2D eigenvalue weighted by molar-refractivity contribution is 7.89. The van der Waals surface area contributed by atoms with Crippen molar-refractivity contribution >= 4 is 15.9 Å². The molecule has 0 aromatic heterocycles. The molecule has 1 aliphatic heterocycles. The Morgan fingerprint density at radius 2 is 1.87 bits per heavy atom. The van der Waals surface area contributed by atoms with Crippen LogP contribution in [-0.4, -0.2) is 43.8 Å². The Morgan fingerprint density at radius 3 is 2.39 bits per heavy atom. The van der Waals surface area contributed by atoms with Gasteiger partial charge in [-0.15, -0.1) is 0 Å². The third-order valence-corrected chi connectivity index (χ3v) is 5.90. The molecule has 0 radical (unpaired) electrons. The fraction of sp³-hybridized carbons (Fsp3) is 0.562. The van der Waals surface area contributed by atoms with E-state index in [4.69, 9.17) is 5.73 Å². The van der Waals surface area contributed by atoms with Crippen molar-refractivity contribution in [3.05, 3.63) is 29.8 Å². The van der Waals surface area contributed by atoms with E-state index in [-0.39, 0.29) is 18.0 Å². The van der Waals surface area contributed by atoms with Gasteiger partial charge in [0.25, 0.3) is 0 Å². The summed E-state index contributed by atoms with van der Waals surface area (Å²) in [6.07, 6.45) is 1.54. The normalized spacial score (nSPS) is 18.6. The molecule has 1 atom stereocenters. The Kier molecular flexibility index (Phi) is 5.78. The molecule has 1 aliphatic rings. The number of nitrogens with zero attached hydrogens (tertiary/aromatic N) is 1. The number of nitrogens with one attached hydrogen (secondary N) is 1. The van der Waals surface area contributed by atoms with Gasteiger partial charge in [0, 0.05) is 31.6 Å². The molecule has 1 aromatic rings. The van der Waals surface area contributed by atoms with Crippen LogP contribution in [0, 0.1) is 6.92 Å². The molecule has 1 aromatic carbocycles. The standard InChI is InChI=1S/C16H25N3O3S/c1-12-3-5-15(6-4-12)23(21,22)19-9-7-14(8-10-19)18-16(20)11-13(2)17/h3-6,13-14H,7-11,17H2,1-2H3,(H,18,20). The number of piperidine rings is 1. The van der Waals surface area contributed by atoms with Crippen LogP contribution in [-0.2, 0) is 14.8 Å². The van der Waals surface area contributed by atoms with Gasteiger partial charge in [-0.1, -0.05) is 17.7 Å². The van der Waals surface area contributed by atoms with Gasteiger partial charge >= 0.3 is 0 Å². The first-order valence-corrected chi connectivity index (χ1v) is 9.35. The zero-order valence-corrected chi connectivity index (χ0v) is 14.5. The van der Waals surface area contributed by atoms with Crippen LogP contribution < -0.4 is 11.1 Å². The fourth-order valence-electron chi connectivity index (χ4n) is 2.68. The molecule has 1 amide bonds. The van der Waals surface area contributed by atoms with E-state index in [0.29, 0.717) is 37.2 Å². The van der Waals surface area contributed by atoms with Gasteiger partial charge in [-0.2, -0.15) is 4.31 Å². The summed E-state index contributed by atoms with van der Waals surface area (Å²) >= 11 is 0. The molecule has 1 fully saturated rings. The molecule has 1 unspecified atom stereocenters. The second-order valence-electron chi connectivity index (χ2n) is 6.24. The summed E-state index contributed by atoms with van der Waals surface area (Å²) in [5.41, 5.74) is 6.63. The van der Waals surface area contributed by atoms with E-state index < -0.39 is 10.0 Å². The average Bonchev–Trinajstić information content (AvgIpc) is 2.47. The van der Waals surface area contributed by atoms with E-state index >= 15 is 0 Å². The minimum Gasteiger partial charge on any atom is -0.353 e. The molecular formula is C16H25N3O3S. The minimum atomic E-state index is -3.45. The fourth-order valence-corrected chi connectivity index (χ4v) is 4.15. The molecule has 1 heterocycles. The van der Waals surface area contributed by atoms with Crippen LogP contribution >= 0.6 is 0 Å². The zero-order valence-electron chi connectivity index (χ0n) is 13.7. The van der Waals surface area contributed by atoms with Crippen molar-refractivity contribution in [2.24, 2.45) is 5.73 Å². The molecule has 0 spiro atoms. The average molecular weight is 339 g/mol. The maximum atomic E-state index is 12.6. The number of hydrogen-bond donors (Lipinski definition) is 2. The predicted molar refractivity (Wildman–Crippen MR) is 89.4 cm³/mol. The van der Waals surface area contributed by atoms with E-state index in [1.54, 1.807) is 31.2 Å². The summed E-state index contributed by atoms with van der Waals surface area (Å²) in [4.78, 5) is 12.1. The van der Waals surface area contributed by atoms with Crippen molar-refractivity contribution in [2.75, 3.05) is 13.1 Å². The van der Waals surface area contributed by atoms with Gasteiger partial charge in [0.15, 0.2) is 0 Å². The number of benzene rings is 1. The smallest absolute Gasteiger partial charge is 0.243 e. The number of hydrogen-bond acceptors (Lipinski definition) is 4. The monoisotopic (exact) mass is 339 g/mol. The highest BCUT2D eigenvalue weighted by atomic mass is 32.2. The maximum absolute atomic E-state index is 12.6. The van der Waals surface area contributed by atoms with Gasteiger partial charge in [0.2, 0.25) is 15.9 Å². The molecule has 0 saturated carbocycles. The van der Waals surface area contributed by atoms with Crippen molar-refractivity contribution in [1.29, 1.82) is 0 Å². The van der Waals surface area contributed by atoms with Crippen molar-refractivity contribution < 1.29 is 13.2 Å². The van der Waals surface area contributed by atoms with E-state index in [1.807, 2.05) is 6.92 Å². The molecule has 2 rings (SSSR count). The van der Waals surface area contributed by atoms with Crippen LogP contribution in [0.5, 0.6) is 0 Å². The highest BCUT2D eigenvalue weighted by Crippen LogP contribution is 2.21. The van der Waals surface area contributed by atoms with Gasteiger partial charge < -0.3 is 11.1 Å². The molecule has 0 aliphatic carbocycles. The second-order valence-corrected chi connectivity index (χ2v) is 8.18. The Balaban J connectivity index is 1.93. The topological polar surface area (TPSA) is 92.5 Å². The van der Waals surface area contributed by atoms with Crippen LogP contribution in [0.25, 0.3) is 0 Å². The van der Waals surface area contributed by atoms with E-state index in [1.165, 1.54) is 4.31 Å². The molecule has 1 saturated heterocycles. The molecule has 0 bridgehead atoms. The van der Waals surface area contributed by atoms with Crippen LogP contribution in [0.4, 0.5) is 0 Å². The van der Waals surface area contributed by atoms with E-state index in [2.05, 4.69) is 5.32 Å². The third-order valence-electron chi connectivity index (χ3n) is 3.99. The quantitative estimate of drug-likeness (QED) is 0.837.